The average Bonchev–Trinajstić information content (AvgIpc) is 3.24. The van der Waals surface area contributed by atoms with E-state index in [0.29, 0.717) is 27.8 Å². The van der Waals surface area contributed by atoms with Gasteiger partial charge in [0.2, 0.25) is 5.78 Å². The van der Waals surface area contributed by atoms with Gasteiger partial charge in [-0.25, -0.2) is 9.18 Å². The van der Waals surface area contributed by atoms with E-state index < -0.39 is 18.4 Å². The molecule has 1 atom stereocenters. The summed E-state index contributed by atoms with van der Waals surface area (Å²) in [7, 11) is 3.11. The molecule has 3 rings (SSSR count). The minimum absolute atomic E-state index is 0.0673. The molecular formula is C23H26FNO5S. The lowest BCUT2D eigenvalue weighted by atomic mass is 10.1. The van der Waals surface area contributed by atoms with Gasteiger partial charge in [-0.15, -0.1) is 11.3 Å². The standard InChI is InChI=1S/C23H26FNO5S/c1-13-9-16(15(3)25(13)14(2)10-28-4)19(26)12-30-23(27)22-17(11-29-5)21-18(24)7-6-8-20(21)31-22/h6-9,14H,10-12H2,1-5H3. The van der Waals surface area contributed by atoms with E-state index in [9.17, 15) is 14.0 Å². The van der Waals surface area contributed by atoms with Crippen LogP contribution in [0.15, 0.2) is 24.3 Å². The van der Waals surface area contributed by atoms with Crippen LogP contribution in [0.5, 0.6) is 0 Å². The third-order valence-electron chi connectivity index (χ3n) is 5.21. The van der Waals surface area contributed by atoms with Gasteiger partial charge in [-0.1, -0.05) is 6.07 Å². The largest absolute Gasteiger partial charge is 0.453 e. The Kier molecular flexibility index (Phi) is 7.25. The molecule has 0 amide bonds. The Morgan fingerprint density at radius 2 is 1.94 bits per heavy atom. The first kappa shape index (κ1) is 23.1. The zero-order valence-corrected chi connectivity index (χ0v) is 19.1. The van der Waals surface area contributed by atoms with Crippen LogP contribution in [0.4, 0.5) is 4.39 Å². The van der Waals surface area contributed by atoms with Crippen molar-refractivity contribution in [3.05, 3.63) is 57.5 Å². The van der Waals surface area contributed by atoms with Crippen molar-refractivity contribution in [3.63, 3.8) is 0 Å². The van der Waals surface area contributed by atoms with Gasteiger partial charge in [-0.2, -0.15) is 0 Å². The lowest BCUT2D eigenvalue weighted by Crippen LogP contribution is -2.17. The molecule has 2 heterocycles. The zero-order chi connectivity index (χ0) is 22.7. The number of ether oxygens (including phenoxy) is 3. The number of halogens is 1. The second-order valence-corrected chi connectivity index (χ2v) is 8.47. The van der Waals surface area contributed by atoms with E-state index in [4.69, 9.17) is 14.2 Å². The highest BCUT2D eigenvalue weighted by molar-refractivity contribution is 7.21. The van der Waals surface area contributed by atoms with Crippen LogP contribution < -0.4 is 0 Å². The molecule has 0 saturated carbocycles. The smallest absolute Gasteiger partial charge is 0.349 e. The second-order valence-electron chi connectivity index (χ2n) is 7.41. The summed E-state index contributed by atoms with van der Waals surface area (Å²) in [6.45, 7) is 5.98. The van der Waals surface area contributed by atoms with Gasteiger partial charge in [-0.3, -0.25) is 4.79 Å². The fourth-order valence-corrected chi connectivity index (χ4v) is 5.06. The number of methoxy groups -OCH3 is 2. The molecule has 0 fully saturated rings. The van der Waals surface area contributed by atoms with Crippen LogP contribution in [-0.4, -0.2) is 43.8 Å². The Morgan fingerprint density at radius 3 is 2.61 bits per heavy atom. The van der Waals surface area contributed by atoms with Gasteiger partial charge >= 0.3 is 5.97 Å². The van der Waals surface area contributed by atoms with Gasteiger partial charge in [0, 0.05) is 46.8 Å². The lowest BCUT2D eigenvalue weighted by Gasteiger charge is -2.17. The number of hydrogen-bond acceptors (Lipinski definition) is 6. The molecule has 0 radical (unpaired) electrons. The first-order valence-corrected chi connectivity index (χ1v) is 10.7. The highest BCUT2D eigenvalue weighted by atomic mass is 32.1. The van der Waals surface area contributed by atoms with Crippen LogP contribution in [-0.2, 0) is 20.8 Å². The number of fused-ring (bicyclic) bond motifs is 1. The maximum Gasteiger partial charge on any atom is 0.349 e. The Morgan fingerprint density at radius 1 is 1.19 bits per heavy atom. The predicted octanol–water partition coefficient (Wildman–Crippen LogP) is 4.85. The Labute approximate surface area is 184 Å². The number of hydrogen-bond donors (Lipinski definition) is 0. The SMILES string of the molecule is COCc1c(C(=O)OCC(=O)c2cc(C)n(C(C)COC)c2C)sc2cccc(F)c12. The zero-order valence-electron chi connectivity index (χ0n) is 18.3. The number of thiophene rings is 1. The Bertz CT molecular complexity index is 1120. The summed E-state index contributed by atoms with van der Waals surface area (Å²) in [5.41, 5.74) is 2.67. The summed E-state index contributed by atoms with van der Waals surface area (Å²) in [4.78, 5) is 25.8. The molecule has 1 aromatic carbocycles. The molecule has 2 aromatic heterocycles. The summed E-state index contributed by atoms with van der Waals surface area (Å²) in [5, 5.41) is 0.350. The molecule has 0 spiro atoms. The van der Waals surface area contributed by atoms with E-state index in [0.717, 1.165) is 22.7 Å². The van der Waals surface area contributed by atoms with E-state index >= 15 is 0 Å². The molecule has 1 unspecified atom stereocenters. The fourth-order valence-electron chi connectivity index (χ4n) is 3.94. The molecule has 0 aliphatic rings. The summed E-state index contributed by atoms with van der Waals surface area (Å²) in [6, 6.07) is 6.53. The number of aromatic nitrogens is 1. The third kappa shape index (κ3) is 4.56. The molecule has 31 heavy (non-hydrogen) atoms. The number of carbonyl (C=O) groups excluding carboxylic acids is 2. The number of aryl methyl sites for hydroxylation is 1. The molecule has 0 N–H and O–H groups in total. The van der Waals surface area contributed by atoms with Crippen LogP contribution in [0.3, 0.4) is 0 Å². The monoisotopic (exact) mass is 447 g/mol. The topological polar surface area (TPSA) is 66.8 Å². The van der Waals surface area contributed by atoms with Crippen molar-refractivity contribution in [1.82, 2.24) is 4.57 Å². The van der Waals surface area contributed by atoms with Gasteiger partial charge in [0.15, 0.2) is 6.61 Å². The number of ketones is 1. The number of nitrogens with zero attached hydrogens (tertiary/aromatic N) is 1. The quantitative estimate of drug-likeness (QED) is 0.346. The van der Waals surface area contributed by atoms with Gasteiger partial charge in [0.25, 0.3) is 0 Å². The highest BCUT2D eigenvalue weighted by Gasteiger charge is 2.24. The van der Waals surface area contributed by atoms with Gasteiger partial charge in [-0.05, 0) is 39.0 Å². The van der Waals surface area contributed by atoms with Crippen molar-refractivity contribution in [3.8, 4) is 0 Å². The first-order valence-electron chi connectivity index (χ1n) is 9.86. The van der Waals surface area contributed by atoms with E-state index in [-0.39, 0.29) is 23.3 Å². The van der Waals surface area contributed by atoms with Crippen LogP contribution in [0.1, 0.15) is 49.9 Å². The normalized spacial score (nSPS) is 12.3. The first-order chi connectivity index (χ1) is 14.8. The summed E-state index contributed by atoms with van der Waals surface area (Å²) >= 11 is 1.13. The van der Waals surface area contributed by atoms with E-state index in [1.807, 2.05) is 25.3 Å². The molecular weight excluding hydrogens is 421 g/mol. The van der Waals surface area contributed by atoms with Gasteiger partial charge in [0.05, 0.1) is 19.3 Å². The summed E-state index contributed by atoms with van der Waals surface area (Å²) in [5.74, 6) is -1.38. The predicted molar refractivity (Wildman–Crippen MR) is 118 cm³/mol. The minimum Gasteiger partial charge on any atom is -0.453 e. The van der Waals surface area contributed by atoms with E-state index in [1.165, 1.54) is 13.2 Å². The van der Waals surface area contributed by atoms with Crippen LogP contribution in [0, 0.1) is 19.7 Å². The molecule has 6 nitrogen and oxygen atoms in total. The van der Waals surface area contributed by atoms with E-state index in [2.05, 4.69) is 0 Å². The molecule has 166 valence electrons. The Balaban J connectivity index is 1.80. The number of benzene rings is 1. The summed E-state index contributed by atoms with van der Waals surface area (Å²) in [6.07, 6.45) is 0. The molecule has 3 aromatic rings. The van der Waals surface area contributed by atoms with Gasteiger partial charge < -0.3 is 18.8 Å². The maximum atomic E-state index is 14.3. The van der Waals surface area contributed by atoms with Crippen LogP contribution in [0.25, 0.3) is 10.1 Å². The van der Waals surface area contributed by atoms with Crippen molar-refractivity contribution < 1.29 is 28.2 Å². The average molecular weight is 448 g/mol. The second kappa shape index (κ2) is 9.72. The molecule has 0 bridgehead atoms. The highest BCUT2D eigenvalue weighted by Crippen LogP contribution is 2.34. The maximum absolute atomic E-state index is 14.3. The number of rotatable bonds is 9. The number of Topliss-reactive ketones (excluding diaryl/α,β-unsaturated/α-hetero) is 1. The fraction of sp³-hybridized carbons (Fsp3) is 0.391. The van der Waals surface area contributed by atoms with Crippen molar-refractivity contribution in [2.24, 2.45) is 0 Å². The Hall–Kier alpha value is -2.55. The van der Waals surface area contributed by atoms with Crippen molar-refractivity contribution in [2.45, 2.75) is 33.4 Å². The molecule has 0 saturated heterocycles. The van der Waals surface area contributed by atoms with Crippen LogP contribution in [0.2, 0.25) is 0 Å². The molecule has 8 heteroatoms. The van der Waals surface area contributed by atoms with Gasteiger partial charge in [0.1, 0.15) is 10.7 Å². The van der Waals surface area contributed by atoms with Crippen LogP contribution >= 0.6 is 11.3 Å². The third-order valence-corrected chi connectivity index (χ3v) is 6.38. The lowest BCUT2D eigenvalue weighted by molar-refractivity contribution is 0.0476. The number of esters is 1. The van der Waals surface area contributed by atoms with Crippen molar-refractivity contribution >= 4 is 33.2 Å². The molecule has 0 aliphatic carbocycles. The summed E-state index contributed by atoms with van der Waals surface area (Å²) < 4.78 is 32.7. The number of carbonyl (C=O) groups is 2. The van der Waals surface area contributed by atoms with Crippen molar-refractivity contribution in [2.75, 3.05) is 27.4 Å². The minimum atomic E-state index is -0.664. The van der Waals surface area contributed by atoms with Crippen molar-refractivity contribution in [1.29, 1.82) is 0 Å². The van der Waals surface area contributed by atoms with E-state index in [1.54, 1.807) is 25.3 Å². The molecule has 0 aliphatic heterocycles.